The van der Waals surface area contributed by atoms with E-state index in [0.29, 0.717) is 17.2 Å². The second kappa shape index (κ2) is 5.40. The Morgan fingerprint density at radius 3 is 3.14 bits per heavy atom. The summed E-state index contributed by atoms with van der Waals surface area (Å²) < 4.78 is 0. The van der Waals surface area contributed by atoms with Crippen LogP contribution in [-0.2, 0) is 0 Å². The Balaban J connectivity index is 1.78. The van der Waals surface area contributed by atoms with Gasteiger partial charge in [-0.25, -0.2) is 9.78 Å². The standard InChI is InChI=1S/C13H17ClN6O/c1-19(2)13(21)16-8-4-6-20(7-8)12-10-9(14)3-5-15-11(10)17-18-12/h3,5,8H,4,6-7H2,1-2H3,(H,16,21)(H,15,17,18). The zero-order chi connectivity index (χ0) is 15.0. The van der Waals surface area contributed by atoms with Crippen molar-refractivity contribution < 1.29 is 4.79 Å². The summed E-state index contributed by atoms with van der Waals surface area (Å²) in [4.78, 5) is 19.6. The number of H-pyrrole nitrogens is 1. The van der Waals surface area contributed by atoms with Crippen LogP contribution in [0.25, 0.3) is 11.0 Å². The van der Waals surface area contributed by atoms with E-state index >= 15 is 0 Å². The molecule has 21 heavy (non-hydrogen) atoms. The van der Waals surface area contributed by atoms with Gasteiger partial charge in [-0.05, 0) is 12.5 Å². The summed E-state index contributed by atoms with van der Waals surface area (Å²) in [6.07, 6.45) is 2.53. The summed E-state index contributed by atoms with van der Waals surface area (Å²) >= 11 is 6.24. The molecule has 1 fully saturated rings. The van der Waals surface area contributed by atoms with Gasteiger partial charge in [-0.1, -0.05) is 11.6 Å². The molecule has 112 valence electrons. The predicted octanol–water partition coefficient (Wildman–Crippen LogP) is 1.46. The molecule has 7 nitrogen and oxygen atoms in total. The van der Waals surface area contributed by atoms with Gasteiger partial charge in [0.05, 0.1) is 10.4 Å². The summed E-state index contributed by atoms with van der Waals surface area (Å²) in [5.74, 6) is 0.796. The number of carbonyl (C=O) groups excluding carboxylic acids is 1. The number of pyridine rings is 1. The second-order valence-electron chi connectivity index (χ2n) is 5.34. The number of nitrogens with one attached hydrogen (secondary N) is 2. The van der Waals surface area contributed by atoms with E-state index in [1.807, 2.05) is 0 Å². The van der Waals surface area contributed by atoms with Crippen molar-refractivity contribution >= 4 is 34.5 Å². The molecular weight excluding hydrogens is 292 g/mol. The highest BCUT2D eigenvalue weighted by atomic mass is 35.5. The largest absolute Gasteiger partial charge is 0.352 e. The van der Waals surface area contributed by atoms with Crippen LogP contribution in [0.5, 0.6) is 0 Å². The molecule has 1 saturated heterocycles. The first-order chi connectivity index (χ1) is 10.1. The molecule has 0 saturated carbocycles. The molecule has 1 aliphatic rings. The van der Waals surface area contributed by atoms with Crippen molar-refractivity contribution in [2.45, 2.75) is 12.5 Å². The van der Waals surface area contributed by atoms with E-state index in [4.69, 9.17) is 11.6 Å². The van der Waals surface area contributed by atoms with Crippen molar-refractivity contribution in [3.8, 4) is 0 Å². The zero-order valence-electron chi connectivity index (χ0n) is 11.9. The van der Waals surface area contributed by atoms with Crippen LogP contribution in [0.2, 0.25) is 5.02 Å². The van der Waals surface area contributed by atoms with Gasteiger partial charge < -0.3 is 15.1 Å². The van der Waals surface area contributed by atoms with Crippen LogP contribution in [0.4, 0.5) is 10.6 Å². The number of fused-ring (bicyclic) bond motifs is 1. The first-order valence-corrected chi connectivity index (χ1v) is 7.15. The topological polar surface area (TPSA) is 77.2 Å². The Hall–Kier alpha value is -2.02. The maximum absolute atomic E-state index is 11.7. The fourth-order valence-electron chi connectivity index (χ4n) is 2.50. The van der Waals surface area contributed by atoms with Crippen LogP contribution in [0, 0.1) is 0 Å². The maximum Gasteiger partial charge on any atom is 0.317 e. The Morgan fingerprint density at radius 1 is 1.57 bits per heavy atom. The number of urea groups is 1. The van der Waals surface area contributed by atoms with Gasteiger partial charge in [-0.2, -0.15) is 5.10 Å². The molecule has 1 unspecified atom stereocenters. The van der Waals surface area contributed by atoms with Crippen molar-refractivity contribution in [2.24, 2.45) is 0 Å². The molecule has 2 amide bonds. The molecule has 1 aliphatic heterocycles. The molecule has 0 radical (unpaired) electrons. The van der Waals surface area contributed by atoms with Crippen molar-refractivity contribution in [2.75, 3.05) is 32.1 Å². The SMILES string of the molecule is CN(C)C(=O)NC1CCN(c2n[nH]c3nccc(Cl)c23)C1. The molecule has 0 spiro atoms. The molecule has 2 N–H and O–H groups in total. The van der Waals surface area contributed by atoms with Crippen LogP contribution >= 0.6 is 11.6 Å². The van der Waals surface area contributed by atoms with E-state index in [1.165, 1.54) is 4.90 Å². The van der Waals surface area contributed by atoms with Gasteiger partial charge in [0.15, 0.2) is 11.5 Å². The van der Waals surface area contributed by atoms with Crippen molar-refractivity contribution in [1.82, 2.24) is 25.4 Å². The lowest BCUT2D eigenvalue weighted by Crippen LogP contribution is -2.42. The fraction of sp³-hybridized carbons (Fsp3) is 0.462. The Bertz CT molecular complexity index is 670. The van der Waals surface area contributed by atoms with Crippen LogP contribution in [0.15, 0.2) is 12.3 Å². The third-order valence-electron chi connectivity index (χ3n) is 3.61. The minimum absolute atomic E-state index is 0.0755. The normalized spacial score (nSPS) is 18.2. The highest BCUT2D eigenvalue weighted by Gasteiger charge is 2.27. The number of hydrogen-bond acceptors (Lipinski definition) is 4. The number of amides is 2. The lowest BCUT2D eigenvalue weighted by atomic mass is 10.3. The smallest absolute Gasteiger partial charge is 0.317 e. The van der Waals surface area contributed by atoms with Gasteiger partial charge in [-0.15, -0.1) is 0 Å². The summed E-state index contributed by atoms with van der Waals surface area (Å²) in [5, 5.41) is 11.7. The molecule has 1 atom stereocenters. The summed E-state index contributed by atoms with van der Waals surface area (Å²) in [5.41, 5.74) is 0.679. The molecule has 0 aliphatic carbocycles. The number of anilines is 1. The van der Waals surface area contributed by atoms with Crippen LogP contribution in [0.1, 0.15) is 6.42 Å². The zero-order valence-corrected chi connectivity index (χ0v) is 12.7. The summed E-state index contributed by atoms with van der Waals surface area (Å²) in [6.45, 7) is 1.54. The number of rotatable bonds is 2. The quantitative estimate of drug-likeness (QED) is 0.880. The van der Waals surface area contributed by atoms with E-state index in [9.17, 15) is 4.79 Å². The predicted molar refractivity (Wildman–Crippen MR) is 81.7 cm³/mol. The third-order valence-corrected chi connectivity index (χ3v) is 3.93. The number of aromatic nitrogens is 3. The van der Waals surface area contributed by atoms with Gasteiger partial charge >= 0.3 is 6.03 Å². The van der Waals surface area contributed by atoms with Crippen molar-refractivity contribution in [1.29, 1.82) is 0 Å². The Kier molecular flexibility index (Phi) is 3.59. The van der Waals surface area contributed by atoms with Crippen molar-refractivity contribution in [3.05, 3.63) is 17.3 Å². The van der Waals surface area contributed by atoms with Crippen LogP contribution < -0.4 is 10.2 Å². The van der Waals surface area contributed by atoms with E-state index in [0.717, 1.165) is 24.2 Å². The summed E-state index contributed by atoms with van der Waals surface area (Å²) in [7, 11) is 3.46. The van der Waals surface area contributed by atoms with Gasteiger partial charge in [0.1, 0.15) is 0 Å². The fourth-order valence-corrected chi connectivity index (χ4v) is 2.73. The van der Waals surface area contributed by atoms with Crippen LogP contribution in [0.3, 0.4) is 0 Å². The number of hydrogen-bond donors (Lipinski definition) is 2. The maximum atomic E-state index is 11.7. The highest BCUT2D eigenvalue weighted by Crippen LogP contribution is 2.31. The molecule has 3 heterocycles. The number of aromatic amines is 1. The van der Waals surface area contributed by atoms with Gasteiger partial charge in [0.25, 0.3) is 0 Å². The van der Waals surface area contributed by atoms with E-state index in [-0.39, 0.29) is 12.1 Å². The Labute approximate surface area is 127 Å². The van der Waals surface area contributed by atoms with E-state index in [2.05, 4.69) is 25.4 Å². The minimum Gasteiger partial charge on any atom is -0.352 e. The molecule has 3 rings (SSSR count). The van der Waals surface area contributed by atoms with Gasteiger partial charge in [-0.3, -0.25) is 5.10 Å². The summed E-state index contributed by atoms with van der Waals surface area (Å²) in [6, 6.07) is 1.79. The molecule has 2 aromatic heterocycles. The molecule has 0 aromatic carbocycles. The number of nitrogens with zero attached hydrogens (tertiary/aromatic N) is 4. The van der Waals surface area contributed by atoms with E-state index in [1.54, 1.807) is 26.4 Å². The van der Waals surface area contributed by atoms with E-state index < -0.39 is 0 Å². The average molecular weight is 309 g/mol. The lowest BCUT2D eigenvalue weighted by Gasteiger charge is -2.19. The molecule has 0 bridgehead atoms. The van der Waals surface area contributed by atoms with Gasteiger partial charge in [0, 0.05) is 39.4 Å². The Morgan fingerprint density at radius 2 is 2.38 bits per heavy atom. The van der Waals surface area contributed by atoms with Gasteiger partial charge in [0.2, 0.25) is 0 Å². The molecule has 2 aromatic rings. The second-order valence-corrected chi connectivity index (χ2v) is 5.75. The highest BCUT2D eigenvalue weighted by molar-refractivity contribution is 6.36. The number of halogens is 1. The molecular formula is C13H17ClN6O. The third kappa shape index (κ3) is 2.61. The average Bonchev–Trinajstić information content (AvgIpc) is 3.05. The molecule has 8 heteroatoms. The lowest BCUT2D eigenvalue weighted by molar-refractivity contribution is 0.214. The van der Waals surface area contributed by atoms with Crippen molar-refractivity contribution in [3.63, 3.8) is 0 Å². The minimum atomic E-state index is -0.0755. The monoisotopic (exact) mass is 308 g/mol. The first-order valence-electron chi connectivity index (χ1n) is 6.77. The first kappa shape index (κ1) is 13.9. The number of carbonyl (C=O) groups is 1. The van der Waals surface area contributed by atoms with Crippen LogP contribution in [-0.4, -0.2) is 59.3 Å².